The molecule has 3 aromatic rings. The number of nitrogens with zero attached hydrogens (tertiary/aromatic N) is 1. The Morgan fingerprint density at radius 2 is 2.00 bits per heavy atom. The van der Waals surface area contributed by atoms with E-state index in [0.717, 1.165) is 0 Å². The molecule has 2 N–H and O–H groups in total. The molecule has 0 radical (unpaired) electrons. The molecule has 0 aliphatic carbocycles. The molecule has 9 heteroatoms. The van der Waals surface area contributed by atoms with Gasteiger partial charge in [-0.3, -0.25) is 4.79 Å². The number of hydrogen-bond acceptors (Lipinski definition) is 6. The molecule has 27 heavy (non-hydrogen) atoms. The second kappa shape index (κ2) is 8.24. The number of nitrogens with one attached hydrogen (secondary N) is 2. The van der Waals surface area contributed by atoms with Crippen molar-refractivity contribution in [2.75, 3.05) is 24.9 Å². The van der Waals surface area contributed by atoms with Gasteiger partial charge in [0.15, 0.2) is 5.13 Å². The zero-order valence-electron chi connectivity index (χ0n) is 14.4. The molecule has 0 atom stereocenters. The summed E-state index contributed by atoms with van der Waals surface area (Å²) in [5.41, 5.74) is 1.28. The minimum atomic E-state index is -0.553. The molecule has 0 fully saturated rings. The van der Waals surface area contributed by atoms with Crippen molar-refractivity contribution in [3.63, 3.8) is 0 Å². The number of ether oxygens (including phenoxy) is 2. The SMILES string of the molecule is COc1ccc(Nc2nc(C(=O)Nc3ccc(F)c(Cl)c3)cs2)c(OC)c1. The van der Waals surface area contributed by atoms with Crippen LogP contribution in [0.1, 0.15) is 10.5 Å². The van der Waals surface area contributed by atoms with Crippen molar-refractivity contribution < 1.29 is 18.7 Å². The van der Waals surface area contributed by atoms with Crippen LogP contribution in [0.5, 0.6) is 11.5 Å². The monoisotopic (exact) mass is 407 g/mol. The highest BCUT2D eigenvalue weighted by molar-refractivity contribution is 7.14. The van der Waals surface area contributed by atoms with Gasteiger partial charge in [-0.2, -0.15) is 0 Å². The number of anilines is 3. The predicted molar refractivity (Wildman–Crippen MR) is 104 cm³/mol. The Kier molecular flexibility index (Phi) is 5.78. The third kappa shape index (κ3) is 4.47. The zero-order valence-corrected chi connectivity index (χ0v) is 16.0. The Morgan fingerprint density at radius 1 is 1.19 bits per heavy atom. The summed E-state index contributed by atoms with van der Waals surface area (Å²) < 4.78 is 23.7. The Labute approximate surface area is 163 Å². The highest BCUT2D eigenvalue weighted by Gasteiger charge is 2.13. The molecule has 1 aromatic heterocycles. The van der Waals surface area contributed by atoms with Gasteiger partial charge in [-0.25, -0.2) is 9.37 Å². The fraction of sp³-hybridized carbons (Fsp3) is 0.111. The van der Waals surface area contributed by atoms with Gasteiger partial charge in [0, 0.05) is 17.1 Å². The molecule has 0 saturated heterocycles. The van der Waals surface area contributed by atoms with E-state index in [-0.39, 0.29) is 10.7 Å². The van der Waals surface area contributed by atoms with Crippen molar-refractivity contribution in [2.45, 2.75) is 0 Å². The molecular weight excluding hydrogens is 393 g/mol. The molecule has 2 aromatic carbocycles. The highest BCUT2D eigenvalue weighted by atomic mass is 35.5. The van der Waals surface area contributed by atoms with E-state index in [4.69, 9.17) is 21.1 Å². The van der Waals surface area contributed by atoms with Crippen LogP contribution in [0.4, 0.5) is 20.9 Å². The van der Waals surface area contributed by atoms with E-state index in [1.807, 2.05) is 0 Å². The number of amides is 1. The van der Waals surface area contributed by atoms with E-state index >= 15 is 0 Å². The first-order valence-corrected chi connectivity index (χ1v) is 8.97. The second-order valence-electron chi connectivity index (χ2n) is 5.31. The standard InChI is InChI=1S/C18H15ClFN3O3S/c1-25-11-4-6-14(16(8-11)26-2)22-18-23-15(9-27-18)17(24)21-10-3-5-13(20)12(19)7-10/h3-9H,1-2H3,(H,21,24)(H,22,23). The van der Waals surface area contributed by atoms with Gasteiger partial charge in [-0.15, -0.1) is 11.3 Å². The number of rotatable bonds is 6. The summed E-state index contributed by atoms with van der Waals surface area (Å²) in [6, 6.07) is 9.25. The number of carbonyl (C=O) groups is 1. The number of halogens is 2. The van der Waals surface area contributed by atoms with E-state index in [1.54, 1.807) is 37.8 Å². The lowest BCUT2D eigenvalue weighted by molar-refractivity contribution is 0.102. The van der Waals surface area contributed by atoms with Gasteiger partial charge in [-0.05, 0) is 30.3 Å². The molecule has 0 unspecified atom stereocenters. The fourth-order valence-electron chi connectivity index (χ4n) is 2.22. The maximum atomic E-state index is 13.2. The molecule has 0 aliphatic heterocycles. The largest absolute Gasteiger partial charge is 0.497 e. The molecule has 0 saturated carbocycles. The van der Waals surface area contributed by atoms with E-state index < -0.39 is 11.7 Å². The normalized spacial score (nSPS) is 10.4. The fourth-order valence-corrected chi connectivity index (χ4v) is 3.10. The van der Waals surface area contributed by atoms with Gasteiger partial charge in [0.1, 0.15) is 23.0 Å². The Hall–Kier alpha value is -2.84. The van der Waals surface area contributed by atoms with Crippen molar-refractivity contribution in [3.05, 3.63) is 58.3 Å². The lowest BCUT2D eigenvalue weighted by Crippen LogP contribution is -2.12. The van der Waals surface area contributed by atoms with Crippen molar-refractivity contribution in [2.24, 2.45) is 0 Å². The number of benzene rings is 2. The third-order valence-electron chi connectivity index (χ3n) is 3.56. The molecule has 6 nitrogen and oxygen atoms in total. The number of carbonyl (C=O) groups excluding carboxylic acids is 1. The van der Waals surface area contributed by atoms with Crippen molar-refractivity contribution in [1.82, 2.24) is 4.98 Å². The summed E-state index contributed by atoms with van der Waals surface area (Å²) >= 11 is 6.98. The van der Waals surface area contributed by atoms with Crippen molar-refractivity contribution in [3.8, 4) is 11.5 Å². The van der Waals surface area contributed by atoms with E-state index in [2.05, 4.69) is 15.6 Å². The molecule has 0 spiro atoms. The number of methoxy groups -OCH3 is 2. The average molecular weight is 408 g/mol. The molecule has 1 heterocycles. The van der Waals surface area contributed by atoms with E-state index in [1.165, 1.54) is 29.5 Å². The minimum absolute atomic E-state index is 0.0694. The summed E-state index contributed by atoms with van der Waals surface area (Å²) in [6.07, 6.45) is 0. The van der Waals surface area contributed by atoms with Gasteiger partial charge in [0.25, 0.3) is 5.91 Å². The first-order chi connectivity index (χ1) is 13.0. The quantitative estimate of drug-likeness (QED) is 0.605. The molecule has 140 valence electrons. The summed E-state index contributed by atoms with van der Waals surface area (Å²) in [6.45, 7) is 0. The first kappa shape index (κ1) is 18.9. The topological polar surface area (TPSA) is 72.5 Å². The maximum Gasteiger partial charge on any atom is 0.275 e. The lowest BCUT2D eigenvalue weighted by Gasteiger charge is -2.10. The van der Waals surface area contributed by atoms with Gasteiger partial charge in [0.2, 0.25) is 0 Å². The van der Waals surface area contributed by atoms with Gasteiger partial charge in [-0.1, -0.05) is 11.6 Å². The molecule has 0 aliphatic rings. The van der Waals surface area contributed by atoms with Crippen molar-refractivity contribution in [1.29, 1.82) is 0 Å². The third-order valence-corrected chi connectivity index (χ3v) is 4.61. The Morgan fingerprint density at radius 3 is 2.70 bits per heavy atom. The van der Waals surface area contributed by atoms with E-state index in [9.17, 15) is 9.18 Å². The number of aromatic nitrogens is 1. The van der Waals surface area contributed by atoms with Gasteiger partial charge >= 0.3 is 0 Å². The predicted octanol–water partition coefficient (Wildman–Crippen LogP) is 4.95. The van der Waals surface area contributed by atoms with Crippen LogP contribution in [0, 0.1) is 5.82 Å². The molecule has 0 bridgehead atoms. The van der Waals surface area contributed by atoms with E-state index in [0.29, 0.717) is 28.0 Å². The highest BCUT2D eigenvalue weighted by Crippen LogP contribution is 2.32. The van der Waals surface area contributed by atoms with Crippen LogP contribution in [0.3, 0.4) is 0 Å². The average Bonchev–Trinajstić information content (AvgIpc) is 3.14. The summed E-state index contributed by atoms with van der Waals surface area (Å²) in [4.78, 5) is 16.6. The van der Waals surface area contributed by atoms with Crippen LogP contribution in [-0.4, -0.2) is 25.1 Å². The van der Waals surface area contributed by atoms with Crippen molar-refractivity contribution >= 4 is 45.4 Å². The summed E-state index contributed by atoms with van der Waals surface area (Å²) in [5, 5.41) is 7.79. The van der Waals surface area contributed by atoms with Crippen LogP contribution in [0.2, 0.25) is 5.02 Å². The first-order valence-electron chi connectivity index (χ1n) is 7.71. The summed E-state index contributed by atoms with van der Waals surface area (Å²) in [7, 11) is 3.12. The minimum Gasteiger partial charge on any atom is -0.497 e. The molecule has 3 rings (SSSR count). The molecular formula is C18H15ClFN3O3S. The zero-order chi connectivity index (χ0) is 19.4. The smallest absolute Gasteiger partial charge is 0.275 e. The Bertz CT molecular complexity index is 980. The van der Waals surface area contributed by atoms with Crippen LogP contribution in [0.25, 0.3) is 0 Å². The van der Waals surface area contributed by atoms with Crippen LogP contribution in [0.15, 0.2) is 41.8 Å². The lowest BCUT2D eigenvalue weighted by atomic mass is 10.2. The van der Waals surface area contributed by atoms with Crippen LogP contribution < -0.4 is 20.1 Å². The van der Waals surface area contributed by atoms with Crippen LogP contribution in [-0.2, 0) is 0 Å². The van der Waals surface area contributed by atoms with Gasteiger partial charge in [0.05, 0.1) is 24.9 Å². The maximum absolute atomic E-state index is 13.2. The molecule has 1 amide bonds. The Balaban J connectivity index is 1.72. The number of thiazole rings is 1. The number of hydrogen-bond donors (Lipinski definition) is 2. The van der Waals surface area contributed by atoms with Gasteiger partial charge < -0.3 is 20.1 Å². The second-order valence-corrected chi connectivity index (χ2v) is 6.58. The summed E-state index contributed by atoms with van der Waals surface area (Å²) in [5.74, 6) is 0.262. The van der Waals surface area contributed by atoms with Crippen LogP contribution >= 0.6 is 22.9 Å².